The molecule has 0 unspecified atom stereocenters. The zero-order valence-corrected chi connectivity index (χ0v) is 11.4. The first-order valence-corrected chi connectivity index (χ1v) is 7.30. The molecule has 1 fully saturated rings. The molecule has 0 saturated carbocycles. The predicted molar refractivity (Wildman–Crippen MR) is 70.1 cm³/mol. The van der Waals surface area contributed by atoms with E-state index < -0.39 is 0 Å². The molecule has 1 aliphatic rings. The van der Waals surface area contributed by atoms with E-state index in [1.807, 2.05) is 6.26 Å². The van der Waals surface area contributed by atoms with Crippen molar-refractivity contribution in [3.63, 3.8) is 0 Å². The zero-order chi connectivity index (χ0) is 12.7. The molecular formula is C11H21N3O2S. The van der Waals surface area contributed by atoms with Crippen LogP contribution in [0, 0.1) is 0 Å². The molecule has 98 valence electrons. The monoisotopic (exact) mass is 259 g/mol. The number of amides is 2. The number of thioether (sulfide) groups is 1. The van der Waals surface area contributed by atoms with Crippen LogP contribution in [-0.4, -0.2) is 73.4 Å². The van der Waals surface area contributed by atoms with Gasteiger partial charge in [-0.2, -0.15) is 11.8 Å². The highest BCUT2D eigenvalue weighted by Crippen LogP contribution is 2.00. The molecular weight excluding hydrogens is 238 g/mol. The number of carbonyl (C=O) groups is 2. The number of rotatable bonds is 3. The fraction of sp³-hybridized carbons (Fsp3) is 0.818. The van der Waals surface area contributed by atoms with E-state index in [2.05, 4.69) is 5.32 Å². The Hall–Kier alpha value is -0.750. The molecule has 1 heterocycles. The van der Waals surface area contributed by atoms with Gasteiger partial charge in [-0.3, -0.25) is 9.59 Å². The van der Waals surface area contributed by atoms with Crippen LogP contribution in [0.4, 0.5) is 0 Å². The Balaban J connectivity index is 2.46. The van der Waals surface area contributed by atoms with Gasteiger partial charge in [-0.1, -0.05) is 0 Å². The molecule has 1 aliphatic heterocycles. The summed E-state index contributed by atoms with van der Waals surface area (Å²) >= 11 is 1.67. The zero-order valence-electron chi connectivity index (χ0n) is 10.6. The topological polar surface area (TPSA) is 52.7 Å². The molecule has 2 amide bonds. The summed E-state index contributed by atoms with van der Waals surface area (Å²) in [5.74, 6) is 0.107. The Morgan fingerprint density at radius 1 is 1.35 bits per heavy atom. The second kappa shape index (κ2) is 7.55. The van der Waals surface area contributed by atoms with Crippen LogP contribution in [-0.2, 0) is 9.59 Å². The number of likely N-dealkylation sites (N-methyl/N-ethyl adjacent to an activating group) is 1. The van der Waals surface area contributed by atoms with Gasteiger partial charge in [0.25, 0.3) is 0 Å². The Morgan fingerprint density at radius 2 is 2.12 bits per heavy atom. The van der Waals surface area contributed by atoms with Gasteiger partial charge in [0.05, 0.1) is 0 Å². The molecule has 0 aromatic heterocycles. The summed E-state index contributed by atoms with van der Waals surface area (Å²) in [7, 11) is 1.69. The lowest BCUT2D eigenvalue weighted by atomic mass is 10.3. The van der Waals surface area contributed by atoms with Crippen molar-refractivity contribution >= 4 is 23.6 Å². The van der Waals surface area contributed by atoms with E-state index >= 15 is 0 Å². The highest BCUT2D eigenvalue weighted by Gasteiger charge is 2.24. The first-order valence-electron chi connectivity index (χ1n) is 5.91. The molecule has 0 spiro atoms. The lowest BCUT2D eigenvalue weighted by molar-refractivity contribution is -0.150. The normalized spacial score (nSPS) is 16.5. The molecule has 1 saturated heterocycles. The standard InChI is InChI=1S/C11H21N3O2S/c1-13(8-9-17-2)10(15)11(16)14-6-3-4-12-5-7-14/h12H,3-9H2,1-2H3. The third-order valence-corrected chi connectivity index (χ3v) is 3.38. The van der Waals surface area contributed by atoms with E-state index in [0.717, 1.165) is 25.3 Å². The first kappa shape index (κ1) is 14.3. The van der Waals surface area contributed by atoms with E-state index in [1.165, 1.54) is 4.90 Å². The average Bonchev–Trinajstić information content (AvgIpc) is 2.62. The van der Waals surface area contributed by atoms with Gasteiger partial charge in [0.1, 0.15) is 0 Å². The molecule has 0 radical (unpaired) electrons. The number of nitrogens with zero attached hydrogens (tertiary/aromatic N) is 2. The Kier molecular flexibility index (Phi) is 6.36. The third-order valence-electron chi connectivity index (χ3n) is 2.79. The maximum atomic E-state index is 12.0. The van der Waals surface area contributed by atoms with Crippen molar-refractivity contribution < 1.29 is 9.59 Å². The highest BCUT2D eigenvalue weighted by molar-refractivity contribution is 7.98. The molecule has 17 heavy (non-hydrogen) atoms. The Morgan fingerprint density at radius 3 is 2.82 bits per heavy atom. The van der Waals surface area contributed by atoms with Crippen molar-refractivity contribution in [2.75, 3.05) is 51.8 Å². The molecule has 0 aromatic rings. The summed E-state index contributed by atoms with van der Waals surface area (Å²) in [5, 5.41) is 3.21. The summed E-state index contributed by atoms with van der Waals surface area (Å²) in [6.07, 6.45) is 2.90. The maximum absolute atomic E-state index is 12.0. The number of carbonyl (C=O) groups excluding carboxylic acids is 2. The van der Waals surface area contributed by atoms with E-state index in [1.54, 1.807) is 23.7 Å². The van der Waals surface area contributed by atoms with Gasteiger partial charge in [-0.05, 0) is 19.2 Å². The van der Waals surface area contributed by atoms with Gasteiger partial charge < -0.3 is 15.1 Å². The van der Waals surface area contributed by atoms with Crippen LogP contribution in [0.1, 0.15) is 6.42 Å². The van der Waals surface area contributed by atoms with Crippen molar-refractivity contribution in [1.29, 1.82) is 0 Å². The fourth-order valence-electron chi connectivity index (χ4n) is 1.68. The molecule has 0 atom stereocenters. The predicted octanol–water partition coefficient (Wildman–Crippen LogP) is -0.370. The SMILES string of the molecule is CSCCN(C)C(=O)C(=O)N1CCCNCC1. The second-order valence-corrected chi connectivity index (χ2v) is 5.10. The van der Waals surface area contributed by atoms with Gasteiger partial charge in [-0.15, -0.1) is 0 Å². The summed E-state index contributed by atoms with van der Waals surface area (Å²) in [6.45, 7) is 3.61. The minimum atomic E-state index is -0.388. The molecule has 0 bridgehead atoms. The molecule has 0 aromatic carbocycles. The average molecular weight is 259 g/mol. The third kappa shape index (κ3) is 4.55. The van der Waals surface area contributed by atoms with Gasteiger partial charge in [-0.25, -0.2) is 0 Å². The van der Waals surface area contributed by atoms with Crippen LogP contribution in [0.15, 0.2) is 0 Å². The summed E-state index contributed by atoms with van der Waals surface area (Å²) < 4.78 is 0. The van der Waals surface area contributed by atoms with Crippen LogP contribution in [0.25, 0.3) is 0 Å². The van der Waals surface area contributed by atoms with Crippen molar-refractivity contribution in [2.45, 2.75) is 6.42 Å². The molecule has 5 nitrogen and oxygen atoms in total. The van der Waals surface area contributed by atoms with Gasteiger partial charge in [0, 0.05) is 39.0 Å². The van der Waals surface area contributed by atoms with Crippen LogP contribution in [0.3, 0.4) is 0 Å². The van der Waals surface area contributed by atoms with E-state index in [-0.39, 0.29) is 11.8 Å². The summed E-state index contributed by atoms with van der Waals surface area (Å²) in [6, 6.07) is 0. The quantitative estimate of drug-likeness (QED) is 0.703. The van der Waals surface area contributed by atoms with E-state index in [4.69, 9.17) is 0 Å². The summed E-state index contributed by atoms with van der Waals surface area (Å²) in [5.41, 5.74) is 0. The van der Waals surface area contributed by atoms with E-state index in [0.29, 0.717) is 19.6 Å². The second-order valence-electron chi connectivity index (χ2n) is 4.12. The van der Waals surface area contributed by atoms with Gasteiger partial charge in [0.2, 0.25) is 0 Å². The number of nitrogens with one attached hydrogen (secondary N) is 1. The van der Waals surface area contributed by atoms with Crippen LogP contribution < -0.4 is 5.32 Å². The smallest absolute Gasteiger partial charge is 0.312 e. The summed E-state index contributed by atoms with van der Waals surface area (Å²) in [4.78, 5) is 27.0. The van der Waals surface area contributed by atoms with Crippen LogP contribution >= 0.6 is 11.8 Å². The molecule has 0 aliphatic carbocycles. The van der Waals surface area contributed by atoms with Crippen molar-refractivity contribution in [3.05, 3.63) is 0 Å². The van der Waals surface area contributed by atoms with E-state index in [9.17, 15) is 9.59 Å². The van der Waals surface area contributed by atoms with Gasteiger partial charge >= 0.3 is 11.8 Å². The van der Waals surface area contributed by atoms with Crippen molar-refractivity contribution in [1.82, 2.24) is 15.1 Å². The number of hydrogen-bond acceptors (Lipinski definition) is 4. The Bertz CT molecular complexity index is 265. The van der Waals surface area contributed by atoms with Crippen molar-refractivity contribution in [2.24, 2.45) is 0 Å². The molecule has 1 rings (SSSR count). The van der Waals surface area contributed by atoms with Gasteiger partial charge in [0.15, 0.2) is 0 Å². The lowest BCUT2D eigenvalue weighted by Crippen LogP contribution is -2.45. The highest BCUT2D eigenvalue weighted by atomic mass is 32.2. The lowest BCUT2D eigenvalue weighted by Gasteiger charge is -2.23. The number of hydrogen-bond donors (Lipinski definition) is 1. The minimum absolute atomic E-state index is 0.364. The van der Waals surface area contributed by atoms with Crippen LogP contribution in [0.2, 0.25) is 0 Å². The van der Waals surface area contributed by atoms with Crippen LogP contribution in [0.5, 0.6) is 0 Å². The minimum Gasteiger partial charge on any atom is -0.337 e. The molecule has 1 N–H and O–H groups in total. The largest absolute Gasteiger partial charge is 0.337 e. The Labute approximate surface area is 107 Å². The maximum Gasteiger partial charge on any atom is 0.312 e. The fourth-order valence-corrected chi connectivity index (χ4v) is 2.13. The van der Waals surface area contributed by atoms with Crippen molar-refractivity contribution in [3.8, 4) is 0 Å². The first-order chi connectivity index (χ1) is 8.16. The molecule has 6 heteroatoms.